The summed E-state index contributed by atoms with van der Waals surface area (Å²) in [5.41, 5.74) is 10.2. The molecule has 0 aromatic rings. The summed E-state index contributed by atoms with van der Waals surface area (Å²) in [5, 5.41) is 25.3. The van der Waals surface area contributed by atoms with Gasteiger partial charge in [0.1, 0.15) is 18.1 Å². The van der Waals surface area contributed by atoms with Crippen LogP contribution in [0.25, 0.3) is 0 Å². The van der Waals surface area contributed by atoms with E-state index in [-0.39, 0.29) is 18.8 Å². The Morgan fingerprint density at radius 1 is 1.00 bits per heavy atom. The van der Waals surface area contributed by atoms with Gasteiger partial charge in [-0.1, -0.05) is 20.3 Å². The Bertz CT molecular complexity index is 584. The molecule has 0 aliphatic carbocycles. The van der Waals surface area contributed by atoms with Gasteiger partial charge in [-0.2, -0.15) is 0 Å². The number of carboxylic acids is 1. The molecule has 12 heteroatoms. The zero-order valence-corrected chi connectivity index (χ0v) is 15.9. The van der Waals surface area contributed by atoms with E-state index >= 15 is 0 Å². The maximum Gasteiger partial charge on any atom is 0.326 e. The first-order chi connectivity index (χ1) is 13.1. The van der Waals surface area contributed by atoms with Crippen LogP contribution in [0.1, 0.15) is 33.1 Å². The van der Waals surface area contributed by atoms with Crippen molar-refractivity contribution in [3.05, 3.63) is 0 Å². The number of aliphatic hydroxyl groups excluding tert-OH is 1. The summed E-state index contributed by atoms with van der Waals surface area (Å²) >= 11 is 0. The Morgan fingerprint density at radius 2 is 1.57 bits per heavy atom. The van der Waals surface area contributed by atoms with E-state index in [1.54, 1.807) is 13.8 Å². The van der Waals surface area contributed by atoms with Crippen LogP contribution in [0, 0.1) is 5.92 Å². The molecule has 0 heterocycles. The highest BCUT2D eigenvalue weighted by Crippen LogP contribution is 2.09. The topological polar surface area (TPSA) is 214 Å². The fourth-order valence-corrected chi connectivity index (χ4v) is 2.21. The van der Waals surface area contributed by atoms with Crippen LogP contribution in [0.4, 0.5) is 0 Å². The predicted octanol–water partition coefficient (Wildman–Crippen LogP) is -3.21. The van der Waals surface area contributed by atoms with Gasteiger partial charge < -0.3 is 37.6 Å². The molecule has 0 fully saturated rings. The summed E-state index contributed by atoms with van der Waals surface area (Å²) in [6, 6.07) is -3.87. The number of carbonyl (C=O) groups is 5. The van der Waals surface area contributed by atoms with Crippen molar-refractivity contribution in [2.24, 2.45) is 17.4 Å². The molecule has 0 spiro atoms. The summed E-state index contributed by atoms with van der Waals surface area (Å²) in [6.45, 7) is 2.22. The second-order valence-electron chi connectivity index (χ2n) is 6.28. The number of aliphatic hydroxyl groups is 1. The molecule has 160 valence electrons. The number of rotatable bonds is 13. The van der Waals surface area contributed by atoms with Crippen LogP contribution in [0.5, 0.6) is 0 Å². The van der Waals surface area contributed by atoms with E-state index < -0.39 is 60.9 Å². The first-order valence-corrected chi connectivity index (χ1v) is 8.79. The lowest BCUT2D eigenvalue weighted by molar-refractivity contribution is -0.144. The van der Waals surface area contributed by atoms with Gasteiger partial charge in [0.2, 0.25) is 23.6 Å². The lowest BCUT2D eigenvalue weighted by atomic mass is 9.98. The average molecular weight is 403 g/mol. The Balaban J connectivity index is 5.31. The molecule has 0 radical (unpaired) electrons. The van der Waals surface area contributed by atoms with Crippen molar-refractivity contribution in [1.29, 1.82) is 0 Å². The van der Waals surface area contributed by atoms with Crippen LogP contribution in [-0.2, 0) is 24.0 Å². The molecular formula is C16H29N5O7. The summed E-state index contributed by atoms with van der Waals surface area (Å²) in [5.74, 6) is -4.78. The number of carboxylic acid groups (broad SMARTS) is 1. The molecule has 0 aliphatic heterocycles. The second-order valence-corrected chi connectivity index (χ2v) is 6.28. The molecular weight excluding hydrogens is 374 g/mol. The molecule has 28 heavy (non-hydrogen) atoms. The van der Waals surface area contributed by atoms with Crippen molar-refractivity contribution in [2.45, 2.75) is 51.2 Å². The predicted molar refractivity (Wildman–Crippen MR) is 97.5 cm³/mol. The normalized spacial score (nSPS) is 14.9. The third-order valence-electron chi connectivity index (χ3n) is 4.11. The molecule has 0 bridgehead atoms. The zero-order chi connectivity index (χ0) is 21.9. The molecule has 0 rings (SSSR count). The van der Waals surface area contributed by atoms with E-state index in [1.165, 1.54) is 0 Å². The molecule has 4 atom stereocenters. The molecule has 9 N–H and O–H groups in total. The molecule has 12 nitrogen and oxygen atoms in total. The van der Waals surface area contributed by atoms with Crippen LogP contribution < -0.4 is 27.4 Å². The fourth-order valence-electron chi connectivity index (χ4n) is 2.21. The minimum Gasteiger partial charge on any atom is -0.480 e. The largest absolute Gasteiger partial charge is 0.480 e. The number of aliphatic carboxylic acids is 1. The Morgan fingerprint density at radius 3 is 2.00 bits per heavy atom. The Labute approximate surface area is 162 Å². The van der Waals surface area contributed by atoms with Gasteiger partial charge in [-0.05, 0) is 12.3 Å². The van der Waals surface area contributed by atoms with Crippen LogP contribution in [0.3, 0.4) is 0 Å². The maximum atomic E-state index is 12.5. The van der Waals surface area contributed by atoms with Crippen LogP contribution in [0.15, 0.2) is 0 Å². The Kier molecular flexibility index (Phi) is 11.4. The molecule has 0 aromatic carbocycles. The first kappa shape index (κ1) is 25.3. The highest BCUT2D eigenvalue weighted by atomic mass is 16.4. The summed E-state index contributed by atoms with van der Waals surface area (Å²) in [4.78, 5) is 58.5. The fraction of sp³-hybridized carbons (Fsp3) is 0.688. The maximum absolute atomic E-state index is 12.5. The van der Waals surface area contributed by atoms with Gasteiger partial charge in [0.25, 0.3) is 0 Å². The highest BCUT2D eigenvalue weighted by molar-refractivity contribution is 5.94. The number of carbonyl (C=O) groups excluding carboxylic acids is 4. The first-order valence-electron chi connectivity index (χ1n) is 8.79. The van der Waals surface area contributed by atoms with Crippen molar-refractivity contribution in [3.63, 3.8) is 0 Å². The van der Waals surface area contributed by atoms with Gasteiger partial charge >= 0.3 is 5.97 Å². The monoisotopic (exact) mass is 403 g/mol. The molecule has 4 unspecified atom stereocenters. The number of hydrogen-bond donors (Lipinski definition) is 7. The van der Waals surface area contributed by atoms with E-state index in [0.717, 1.165) is 0 Å². The third kappa shape index (κ3) is 8.77. The summed E-state index contributed by atoms with van der Waals surface area (Å²) < 4.78 is 0. The second kappa shape index (κ2) is 12.6. The lowest BCUT2D eigenvalue weighted by Crippen LogP contribution is -2.57. The number of nitrogens with two attached hydrogens (primary N) is 2. The average Bonchev–Trinajstić information content (AvgIpc) is 2.65. The molecule has 0 saturated carbocycles. The summed E-state index contributed by atoms with van der Waals surface area (Å²) in [6.07, 6.45) is 0.0361. The quantitative estimate of drug-likeness (QED) is 0.166. The van der Waals surface area contributed by atoms with Gasteiger partial charge in [-0.25, -0.2) is 4.79 Å². The van der Waals surface area contributed by atoms with Gasteiger partial charge in [0, 0.05) is 6.42 Å². The van der Waals surface area contributed by atoms with E-state index in [9.17, 15) is 34.2 Å². The highest BCUT2D eigenvalue weighted by Gasteiger charge is 2.31. The third-order valence-corrected chi connectivity index (χ3v) is 4.11. The number of amides is 4. The number of primary amides is 1. The number of hydrogen-bond acceptors (Lipinski definition) is 7. The van der Waals surface area contributed by atoms with Crippen molar-refractivity contribution in [1.82, 2.24) is 16.0 Å². The van der Waals surface area contributed by atoms with Crippen molar-refractivity contribution < 1.29 is 34.2 Å². The molecule has 0 saturated heterocycles. The SMILES string of the molecule is CCC(C)C(NC(=O)C(CCC(N)=O)NC(=O)C(CO)NC(=O)CN)C(=O)O. The van der Waals surface area contributed by atoms with Gasteiger partial charge in [-0.3, -0.25) is 19.2 Å². The van der Waals surface area contributed by atoms with Crippen molar-refractivity contribution >= 4 is 29.6 Å². The lowest BCUT2D eigenvalue weighted by Gasteiger charge is -2.25. The summed E-state index contributed by atoms with van der Waals surface area (Å²) in [7, 11) is 0. The minimum absolute atomic E-state index is 0.192. The molecule has 0 aliphatic rings. The van der Waals surface area contributed by atoms with Crippen LogP contribution in [0.2, 0.25) is 0 Å². The van der Waals surface area contributed by atoms with E-state index in [4.69, 9.17) is 11.5 Å². The minimum atomic E-state index is -1.37. The van der Waals surface area contributed by atoms with E-state index in [1.807, 2.05) is 0 Å². The molecule has 4 amide bonds. The van der Waals surface area contributed by atoms with E-state index in [0.29, 0.717) is 6.42 Å². The van der Waals surface area contributed by atoms with E-state index in [2.05, 4.69) is 16.0 Å². The van der Waals surface area contributed by atoms with Crippen LogP contribution in [-0.4, -0.2) is 71.1 Å². The van der Waals surface area contributed by atoms with Gasteiger partial charge in [0.05, 0.1) is 13.2 Å². The standard InChI is InChI=1S/C16H29N5O7/c1-3-8(2)13(16(27)28)21-14(25)9(4-5-11(18)23)20-15(26)10(7-22)19-12(24)6-17/h8-10,13,22H,3-7,17H2,1-2H3,(H2,18,23)(H,19,24)(H,20,26)(H,21,25)(H,27,28). The smallest absolute Gasteiger partial charge is 0.326 e. The molecule has 0 aromatic heterocycles. The van der Waals surface area contributed by atoms with Crippen molar-refractivity contribution in [2.75, 3.05) is 13.2 Å². The van der Waals surface area contributed by atoms with Gasteiger partial charge in [-0.15, -0.1) is 0 Å². The van der Waals surface area contributed by atoms with Crippen LogP contribution >= 0.6 is 0 Å². The zero-order valence-electron chi connectivity index (χ0n) is 15.9. The number of nitrogens with one attached hydrogen (secondary N) is 3. The Hall–Kier alpha value is -2.73. The van der Waals surface area contributed by atoms with Gasteiger partial charge in [0.15, 0.2) is 0 Å². The van der Waals surface area contributed by atoms with Crippen molar-refractivity contribution in [3.8, 4) is 0 Å².